The van der Waals surface area contributed by atoms with Gasteiger partial charge in [-0.2, -0.15) is 0 Å². The van der Waals surface area contributed by atoms with E-state index in [1.165, 1.54) is 4.57 Å². The molecule has 1 amide bonds. The molecule has 7 heteroatoms. The molecule has 0 fully saturated rings. The maximum atomic E-state index is 13.0. The molecule has 0 saturated carbocycles. The van der Waals surface area contributed by atoms with Crippen LogP contribution in [-0.2, 0) is 24.9 Å². The second-order valence-corrected chi connectivity index (χ2v) is 6.35. The van der Waals surface area contributed by atoms with E-state index in [2.05, 4.69) is 9.97 Å². The number of carbonyl (C=O) groups excluding carboxylic acids is 1. The van der Waals surface area contributed by atoms with Crippen LogP contribution in [-0.4, -0.2) is 36.5 Å². The summed E-state index contributed by atoms with van der Waals surface area (Å²) >= 11 is 0. The molecule has 2 heterocycles. The van der Waals surface area contributed by atoms with E-state index in [0.29, 0.717) is 29.8 Å². The molecule has 26 heavy (non-hydrogen) atoms. The molecule has 0 saturated heterocycles. The third kappa shape index (κ3) is 3.51. The normalized spacial score (nSPS) is 11.0. The van der Waals surface area contributed by atoms with Crippen LogP contribution in [0.4, 0.5) is 0 Å². The third-order valence-corrected chi connectivity index (χ3v) is 4.41. The van der Waals surface area contributed by atoms with Gasteiger partial charge in [0.15, 0.2) is 0 Å². The van der Waals surface area contributed by atoms with Gasteiger partial charge in [-0.25, -0.2) is 9.97 Å². The Kier molecular flexibility index (Phi) is 5.16. The zero-order valence-electron chi connectivity index (χ0n) is 15.3. The molecule has 7 nitrogen and oxygen atoms in total. The van der Waals surface area contributed by atoms with Crippen molar-refractivity contribution < 1.29 is 4.79 Å². The maximum Gasteiger partial charge on any atom is 0.272 e. The van der Waals surface area contributed by atoms with Crippen LogP contribution in [0, 0.1) is 6.92 Å². The van der Waals surface area contributed by atoms with E-state index in [4.69, 9.17) is 0 Å². The van der Waals surface area contributed by atoms with Gasteiger partial charge in [-0.1, -0.05) is 19.1 Å². The highest BCUT2D eigenvalue weighted by atomic mass is 16.2. The predicted molar refractivity (Wildman–Crippen MR) is 99.7 cm³/mol. The first kappa shape index (κ1) is 17.8. The number of hydrogen-bond acceptors (Lipinski definition) is 4. The molecular weight excluding hydrogens is 330 g/mol. The number of aromatic nitrogens is 4. The SMILES string of the molecule is CCCN(Cc1nccn1C)C(=O)Cn1c(=O)c(C)nc2ccccc21. The highest BCUT2D eigenvalue weighted by Gasteiger charge is 2.18. The van der Waals surface area contributed by atoms with E-state index in [-0.39, 0.29) is 18.0 Å². The molecule has 3 aromatic rings. The Morgan fingerprint density at radius 2 is 2.04 bits per heavy atom. The molecule has 0 spiro atoms. The van der Waals surface area contributed by atoms with E-state index >= 15 is 0 Å². The fourth-order valence-corrected chi connectivity index (χ4v) is 2.99. The molecule has 1 aromatic carbocycles. The largest absolute Gasteiger partial charge is 0.337 e. The quantitative estimate of drug-likeness (QED) is 0.678. The minimum Gasteiger partial charge on any atom is -0.337 e. The van der Waals surface area contributed by atoms with Crippen molar-refractivity contribution in [2.45, 2.75) is 33.4 Å². The Hall–Kier alpha value is -2.96. The highest BCUT2D eigenvalue weighted by molar-refractivity contribution is 5.80. The summed E-state index contributed by atoms with van der Waals surface area (Å²) in [5, 5.41) is 0. The van der Waals surface area contributed by atoms with Crippen LogP contribution in [0.25, 0.3) is 11.0 Å². The molecule has 0 aliphatic carbocycles. The molecule has 2 aromatic heterocycles. The molecule has 0 radical (unpaired) electrons. The molecule has 0 N–H and O–H groups in total. The molecular formula is C19H23N5O2. The zero-order chi connectivity index (χ0) is 18.7. The summed E-state index contributed by atoms with van der Waals surface area (Å²) in [6, 6.07) is 7.38. The number of fused-ring (bicyclic) bond motifs is 1. The van der Waals surface area contributed by atoms with E-state index in [0.717, 1.165) is 12.2 Å². The van der Waals surface area contributed by atoms with E-state index < -0.39 is 0 Å². The summed E-state index contributed by atoms with van der Waals surface area (Å²) in [6.07, 6.45) is 4.41. The first-order chi connectivity index (χ1) is 12.5. The molecule has 3 rings (SSSR count). The fourth-order valence-electron chi connectivity index (χ4n) is 2.99. The number of rotatable bonds is 6. The lowest BCUT2D eigenvalue weighted by Gasteiger charge is -2.23. The van der Waals surface area contributed by atoms with Crippen LogP contribution in [0.15, 0.2) is 41.5 Å². The van der Waals surface area contributed by atoms with Gasteiger partial charge in [0.25, 0.3) is 5.56 Å². The van der Waals surface area contributed by atoms with Gasteiger partial charge in [0, 0.05) is 26.0 Å². The average molecular weight is 353 g/mol. The van der Waals surface area contributed by atoms with Crippen molar-refractivity contribution in [1.82, 2.24) is 24.0 Å². The molecule has 0 aliphatic heterocycles. The van der Waals surface area contributed by atoms with Crippen LogP contribution in [0.2, 0.25) is 0 Å². The van der Waals surface area contributed by atoms with E-state index in [1.807, 2.05) is 49.0 Å². The number of amides is 1. The van der Waals surface area contributed by atoms with Crippen LogP contribution in [0.5, 0.6) is 0 Å². The predicted octanol–water partition coefficient (Wildman–Crippen LogP) is 1.88. The second kappa shape index (κ2) is 7.51. The van der Waals surface area contributed by atoms with Gasteiger partial charge < -0.3 is 9.47 Å². The van der Waals surface area contributed by atoms with Crippen LogP contribution in [0.3, 0.4) is 0 Å². The van der Waals surface area contributed by atoms with E-state index in [9.17, 15) is 9.59 Å². The van der Waals surface area contributed by atoms with Gasteiger partial charge in [0.05, 0.1) is 17.6 Å². The van der Waals surface area contributed by atoms with Crippen molar-refractivity contribution in [1.29, 1.82) is 0 Å². The van der Waals surface area contributed by atoms with Gasteiger partial charge in [0.1, 0.15) is 18.1 Å². The lowest BCUT2D eigenvalue weighted by atomic mass is 10.2. The molecule has 0 atom stereocenters. The minimum absolute atomic E-state index is 0.00682. The Labute approximate surface area is 151 Å². The molecule has 0 bridgehead atoms. The maximum absolute atomic E-state index is 13.0. The minimum atomic E-state index is -0.231. The summed E-state index contributed by atoms with van der Waals surface area (Å²) < 4.78 is 3.41. The monoisotopic (exact) mass is 353 g/mol. The summed E-state index contributed by atoms with van der Waals surface area (Å²) in [7, 11) is 1.90. The van der Waals surface area contributed by atoms with Crippen molar-refractivity contribution in [2.24, 2.45) is 7.05 Å². The summed E-state index contributed by atoms with van der Waals surface area (Å²) in [5.74, 6) is 0.711. The first-order valence-corrected chi connectivity index (χ1v) is 8.71. The van der Waals surface area contributed by atoms with Gasteiger partial charge in [-0.05, 0) is 25.5 Å². The van der Waals surface area contributed by atoms with Crippen molar-refractivity contribution in [3.8, 4) is 0 Å². The van der Waals surface area contributed by atoms with Crippen LogP contribution < -0.4 is 5.56 Å². The number of hydrogen-bond donors (Lipinski definition) is 0. The number of carbonyl (C=O) groups is 1. The Morgan fingerprint density at radius 1 is 1.27 bits per heavy atom. The lowest BCUT2D eigenvalue weighted by Crippen LogP contribution is -2.38. The molecule has 0 aliphatic rings. The smallest absolute Gasteiger partial charge is 0.272 e. The zero-order valence-corrected chi connectivity index (χ0v) is 15.3. The van der Waals surface area contributed by atoms with Gasteiger partial charge in [0.2, 0.25) is 5.91 Å². The lowest BCUT2D eigenvalue weighted by molar-refractivity contribution is -0.132. The van der Waals surface area contributed by atoms with E-state index in [1.54, 1.807) is 18.0 Å². The summed E-state index contributed by atoms with van der Waals surface area (Å²) in [6.45, 7) is 4.73. The average Bonchev–Trinajstić information content (AvgIpc) is 3.03. The second-order valence-electron chi connectivity index (χ2n) is 6.35. The van der Waals surface area contributed by atoms with Crippen LogP contribution in [0.1, 0.15) is 24.9 Å². The fraction of sp³-hybridized carbons (Fsp3) is 0.368. The van der Waals surface area contributed by atoms with Crippen molar-refractivity contribution in [2.75, 3.05) is 6.54 Å². The molecule has 0 unspecified atom stereocenters. The number of para-hydroxylation sites is 2. The van der Waals surface area contributed by atoms with Crippen molar-refractivity contribution in [3.05, 3.63) is 58.5 Å². The third-order valence-electron chi connectivity index (χ3n) is 4.41. The van der Waals surface area contributed by atoms with Crippen molar-refractivity contribution >= 4 is 16.9 Å². The number of aryl methyl sites for hydroxylation is 2. The summed E-state index contributed by atoms with van der Waals surface area (Å²) in [5.41, 5.74) is 1.54. The first-order valence-electron chi connectivity index (χ1n) is 8.71. The Balaban J connectivity index is 1.92. The topological polar surface area (TPSA) is 73.0 Å². The standard InChI is InChI=1S/C19H23N5O2/c1-4-10-23(12-17-20-9-11-22(17)3)18(25)13-24-16-8-6-5-7-15(16)21-14(2)19(24)26/h5-9,11H,4,10,12-13H2,1-3H3. The summed E-state index contributed by atoms with van der Waals surface area (Å²) in [4.78, 5) is 35.9. The van der Waals surface area contributed by atoms with Gasteiger partial charge >= 0.3 is 0 Å². The van der Waals surface area contributed by atoms with Crippen molar-refractivity contribution in [3.63, 3.8) is 0 Å². The Bertz CT molecular complexity index is 989. The Morgan fingerprint density at radius 3 is 2.73 bits per heavy atom. The number of imidazole rings is 1. The number of nitrogens with zero attached hydrogens (tertiary/aromatic N) is 5. The van der Waals surface area contributed by atoms with Gasteiger partial charge in [-0.15, -0.1) is 0 Å². The van der Waals surface area contributed by atoms with Crippen LogP contribution >= 0.6 is 0 Å². The highest BCUT2D eigenvalue weighted by Crippen LogP contribution is 2.11. The van der Waals surface area contributed by atoms with Gasteiger partial charge in [-0.3, -0.25) is 14.2 Å². The number of benzene rings is 1. The molecule has 136 valence electrons.